The van der Waals surface area contributed by atoms with Gasteiger partial charge in [-0.05, 0) is 12.1 Å². The zero-order valence-electron chi connectivity index (χ0n) is 13.8. The summed E-state index contributed by atoms with van der Waals surface area (Å²) < 4.78 is 5.83. The van der Waals surface area contributed by atoms with E-state index >= 15 is 0 Å². The first-order valence-corrected chi connectivity index (χ1v) is 9.05. The Labute approximate surface area is 150 Å². The molecule has 1 aliphatic rings. The lowest BCUT2D eigenvalue weighted by Gasteiger charge is -2.36. The van der Waals surface area contributed by atoms with Crippen LogP contribution in [-0.2, 0) is 13.1 Å². The lowest BCUT2D eigenvalue weighted by Crippen LogP contribution is -2.52. The first-order valence-electron chi connectivity index (χ1n) is 7.85. The van der Waals surface area contributed by atoms with Crippen molar-refractivity contribution >= 4 is 28.9 Å². The molecule has 9 heteroatoms. The van der Waals surface area contributed by atoms with Gasteiger partial charge in [-0.2, -0.15) is 4.98 Å². The van der Waals surface area contributed by atoms with Crippen molar-refractivity contribution in [3.05, 3.63) is 33.1 Å². The van der Waals surface area contributed by atoms with Crippen molar-refractivity contribution in [2.45, 2.75) is 20.0 Å². The Balaban J connectivity index is 1.47. The molecule has 0 radical (unpaired) electrons. The number of aryl methyl sites for hydroxylation is 1. The highest BCUT2D eigenvalue weighted by molar-refractivity contribution is 7.16. The highest BCUT2D eigenvalue weighted by Crippen LogP contribution is 2.23. The third kappa shape index (κ3) is 4.46. The molecule has 2 aromatic rings. The molecule has 24 heavy (non-hydrogen) atoms. The van der Waals surface area contributed by atoms with Crippen LogP contribution in [0.25, 0.3) is 0 Å². The number of hydrogen-bond acceptors (Lipinski definition) is 6. The fraction of sp³-hybridized carbons (Fsp3) is 0.533. The zero-order chi connectivity index (χ0) is 16.9. The molecule has 2 aromatic heterocycles. The summed E-state index contributed by atoms with van der Waals surface area (Å²) in [6.07, 6.45) is 0. The molecular weight excluding hydrogens is 348 g/mol. The molecule has 1 saturated heterocycles. The topological polar surface area (TPSA) is 69.8 Å². The number of aliphatic imine (C=N–C) groups is 1. The first kappa shape index (κ1) is 17.2. The molecule has 0 bridgehead atoms. The third-order valence-electron chi connectivity index (χ3n) is 3.87. The molecule has 0 unspecified atom stereocenters. The van der Waals surface area contributed by atoms with Crippen molar-refractivity contribution in [2.24, 2.45) is 4.99 Å². The molecule has 130 valence electrons. The van der Waals surface area contributed by atoms with E-state index in [-0.39, 0.29) is 0 Å². The SMILES string of the molecule is CN=C(NCc1noc(C)n1)N1CCN(Cc2ccc(Cl)s2)CC1. The molecule has 7 nitrogen and oxygen atoms in total. The van der Waals surface area contributed by atoms with E-state index in [1.807, 2.05) is 6.07 Å². The second-order valence-corrected chi connectivity index (χ2v) is 7.40. The van der Waals surface area contributed by atoms with E-state index in [0.717, 1.165) is 43.0 Å². The fourth-order valence-electron chi connectivity index (χ4n) is 2.68. The highest BCUT2D eigenvalue weighted by atomic mass is 35.5. The van der Waals surface area contributed by atoms with Crippen molar-refractivity contribution in [1.29, 1.82) is 0 Å². The Kier molecular flexibility index (Phi) is 5.70. The van der Waals surface area contributed by atoms with E-state index in [1.54, 1.807) is 25.3 Å². The van der Waals surface area contributed by atoms with Crippen molar-refractivity contribution in [3.8, 4) is 0 Å². The van der Waals surface area contributed by atoms with E-state index in [1.165, 1.54) is 4.88 Å². The average Bonchev–Trinajstić information content (AvgIpc) is 3.18. The molecule has 0 spiro atoms. The van der Waals surface area contributed by atoms with Gasteiger partial charge in [-0.3, -0.25) is 9.89 Å². The van der Waals surface area contributed by atoms with Crippen molar-refractivity contribution < 1.29 is 4.52 Å². The fourth-order valence-corrected chi connectivity index (χ4v) is 3.81. The Morgan fingerprint density at radius 3 is 2.75 bits per heavy atom. The number of rotatable bonds is 4. The lowest BCUT2D eigenvalue weighted by molar-refractivity contribution is 0.173. The summed E-state index contributed by atoms with van der Waals surface area (Å²) in [5.74, 6) is 2.09. The van der Waals surface area contributed by atoms with Crippen LogP contribution in [0.5, 0.6) is 0 Å². The normalized spacial score (nSPS) is 16.6. The molecule has 0 saturated carbocycles. The lowest BCUT2D eigenvalue weighted by atomic mass is 10.3. The average molecular weight is 369 g/mol. The summed E-state index contributed by atoms with van der Waals surface area (Å²) in [5, 5.41) is 7.18. The zero-order valence-corrected chi connectivity index (χ0v) is 15.4. The molecule has 1 N–H and O–H groups in total. The van der Waals surface area contributed by atoms with E-state index < -0.39 is 0 Å². The molecule has 1 fully saturated rings. The second-order valence-electron chi connectivity index (χ2n) is 5.60. The first-order chi connectivity index (χ1) is 11.6. The predicted molar refractivity (Wildman–Crippen MR) is 95.4 cm³/mol. The van der Waals surface area contributed by atoms with Gasteiger partial charge < -0.3 is 14.7 Å². The van der Waals surface area contributed by atoms with Gasteiger partial charge in [-0.1, -0.05) is 16.8 Å². The third-order valence-corrected chi connectivity index (χ3v) is 5.08. The molecule has 3 rings (SSSR count). The van der Waals surface area contributed by atoms with Crippen LogP contribution in [0.4, 0.5) is 0 Å². The van der Waals surface area contributed by atoms with Crippen LogP contribution >= 0.6 is 22.9 Å². The maximum absolute atomic E-state index is 6.00. The number of nitrogens with zero attached hydrogens (tertiary/aromatic N) is 5. The van der Waals surface area contributed by atoms with Gasteiger partial charge in [-0.15, -0.1) is 11.3 Å². The summed E-state index contributed by atoms with van der Waals surface area (Å²) in [4.78, 5) is 14.6. The quantitative estimate of drug-likeness (QED) is 0.657. The van der Waals surface area contributed by atoms with Crippen LogP contribution < -0.4 is 5.32 Å². The van der Waals surface area contributed by atoms with Crippen LogP contribution in [0.3, 0.4) is 0 Å². The molecular formula is C15H21ClN6OS. The Morgan fingerprint density at radius 2 is 2.17 bits per heavy atom. The Hall–Kier alpha value is -1.64. The van der Waals surface area contributed by atoms with E-state index in [9.17, 15) is 0 Å². The van der Waals surface area contributed by atoms with E-state index in [0.29, 0.717) is 18.3 Å². The summed E-state index contributed by atoms with van der Waals surface area (Å²) >= 11 is 7.65. The minimum absolute atomic E-state index is 0.512. The van der Waals surface area contributed by atoms with Crippen LogP contribution in [0, 0.1) is 6.92 Å². The number of nitrogens with one attached hydrogen (secondary N) is 1. The van der Waals surface area contributed by atoms with Gasteiger partial charge in [-0.25, -0.2) is 0 Å². The molecule has 0 atom stereocenters. The number of guanidine groups is 1. The standard InChI is InChI=1S/C15H21ClN6OS/c1-11-19-14(20-23-11)9-18-15(17-2)22-7-5-21(6-8-22)10-12-3-4-13(16)24-12/h3-4H,5-10H2,1-2H3,(H,17,18). The number of hydrogen-bond donors (Lipinski definition) is 1. The largest absolute Gasteiger partial charge is 0.349 e. The van der Waals surface area contributed by atoms with E-state index in [4.69, 9.17) is 16.1 Å². The molecule has 0 amide bonds. The Morgan fingerprint density at radius 1 is 1.38 bits per heavy atom. The van der Waals surface area contributed by atoms with Gasteiger partial charge in [0, 0.05) is 51.6 Å². The van der Waals surface area contributed by atoms with Crippen LogP contribution in [0.1, 0.15) is 16.6 Å². The summed E-state index contributed by atoms with van der Waals surface area (Å²) in [6, 6.07) is 4.07. The summed E-state index contributed by atoms with van der Waals surface area (Å²) in [7, 11) is 1.80. The minimum Gasteiger partial charge on any atom is -0.349 e. The van der Waals surface area contributed by atoms with Crippen LogP contribution in [0.2, 0.25) is 4.34 Å². The number of halogens is 1. The number of piperazine rings is 1. The van der Waals surface area contributed by atoms with Gasteiger partial charge in [0.2, 0.25) is 5.89 Å². The van der Waals surface area contributed by atoms with E-state index in [2.05, 4.69) is 36.3 Å². The molecule has 1 aliphatic heterocycles. The minimum atomic E-state index is 0.512. The maximum Gasteiger partial charge on any atom is 0.223 e. The van der Waals surface area contributed by atoms with Gasteiger partial charge >= 0.3 is 0 Å². The van der Waals surface area contributed by atoms with Gasteiger partial charge in [0.1, 0.15) is 0 Å². The summed E-state index contributed by atoms with van der Waals surface area (Å²) in [6.45, 7) is 7.12. The summed E-state index contributed by atoms with van der Waals surface area (Å²) in [5.41, 5.74) is 0. The number of aromatic nitrogens is 2. The molecule has 0 aliphatic carbocycles. The van der Waals surface area contributed by atoms with Crippen LogP contribution in [0.15, 0.2) is 21.6 Å². The van der Waals surface area contributed by atoms with Gasteiger partial charge in [0.15, 0.2) is 11.8 Å². The Bertz CT molecular complexity index is 692. The van der Waals surface area contributed by atoms with Gasteiger partial charge in [0.05, 0.1) is 10.9 Å². The molecule has 3 heterocycles. The smallest absolute Gasteiger partial charge is 0.223 e. The number of thiophene rings is 1. The van der Waals surface area contributed by atoms with Crippen molar-refractivity contribution in [2.75, 3.05) is 33.2 Å². The highest BCUT2D eigenvalue weighted by Gasteiger charge is 2.20. The predicted octanol–water partition coefficient (Wildman–Crippen LogP) is 1.99. The monoisotopic (exact) mass is 368 g/mol. The maximum atomic E-state index is 6.00. The van der Waals surface area contributed by atoms with Gasteiger partial charge in [0.25, 0.3) is 0 Å². The molecule has 0 aromatic carbocycles. The van der Waals surface area contributed by atoms with Crippen molar-refractivity contribution in [3.63, 3.8) is 0 Å². The second kappa shape index (κ2) is 7.96. The van der Waals surface area contributed by atoms with Crippen molar-refractivity contribution in [1.82, 2.24) is 25.3 Å². The van der Waals surface area contributed by atoms with Crippen LogP contribution in [-0.4, -0.2) is 59.1 Å².